The van der Waals surface area contributed by atoms with Gasteiger partial charge in [-0.15, -0.1) is 10.2 Å². The van der Waals surface area contributed by atoms with E-state index in [4.69, 9.17) is 0 Å². The first kappa shape index (κ1) is 16.1. The largest absolute Gasteiger partial charge is 0.493 e. The Morgan fingerprint density at radius 2 is 2.00 bits per heavy atom. The average Bonchev–Trinajstić information content (AvgIpc) is 2.85. The molecule has 116 valence electrons. The van der Waals surface area contributed by atoms with Crippen molar-refractivity contribution < 1.29 is 9.90 Å². The van der Waals surface area contributed by atoms with E-state index >= 15 is 0 Å². The molecule has 2 N–H and O–H groups in total. The topological polar surface area (TPSA) is 77.8 Å². The minimum atomic E-state index is -0.451. The molecule has 0 saturated heterocycles. The van der Waals surface area contributed by atoms with Crippen LogP contribution in [-0.2, 0) is 0 Å². The molecular formula is C16H11BrIN3O2. The second kappa shape index (κ2) is 6.40. The SMILES string of the molecule is Cc1ccc2[nH]c(O)c(N=NC(=O)c3ccccc3I)c2c1Br. The maximum absolute atomic E-state index is 12.2. The van der Waals surface area contributed by atoms with Crippen molar-refractivity contribution in [3.63, 3.8) is 0 Å². The summed E-state index contributed by atoms with van der Waals surface area (Å²) < 4.78 is 1.61. The molecule has 0 aliphatic carbocycles. The number of carbonyl (C=O) groups is 1. The predicted octanol–water partition coefficient (Wildman–Crippen LogP) is 5.47. The van der Waals surface area contributed by atoms with E-state index in [0.29, 0.717) is 10.9 Å². The zero-order valence-electron chi connectivity index (χ0n) is 12.0. The molecule has 0 aliphatic rings. The highest BCUT2D eigenvalue weighted by atomic mass is 127. The third-order valence-electron chi connectivity index (χ3n) is 3.39. The molecule has 0 radical (unpaired) electrons. The van der Waals surface area contributed by atoms with Crippen molar-refractivity contribution in [1.82, 2.24) is 4.98 Å². The quantitative estimate of drug-likeness (QED) is 0.374. The van der Waals surface area contributed by atoms with Crippen LogP contribution < -0.4 is 0 Å². The first-order valence-electron chi connectivity index (χ1n) is 6.69. The van der Waals surface area contributed by atoms with Crippen molar-refractivity contribution in [2.75, 3.05) is 0 Å². The number of aromatic nitrogens is 1. The minimum absolute atomic E-state index is 0.120. The number of amides is 1. The van der Waals surface area contributed by atoms with E-state index in [-0.39, 0.29) is 11.6 Å². The fourth-order valence-electron chi connectivity index (χ4n) is 2.20. The summed E-state index contributed by atoms with van der Waals surface area (Å²) in [4.78, 5) is 15.0. The van der Waals surface area contributed by atoms with Crippen LogP contribution in [0.15, 0.2) is 51.1 Å². The smallest absolute Gasteiger partial charge is 0.296 e. The van der Waals surface area contributed by atoms with Crippen LogP contribution in [-0.4, -0.2) is 16.0 Å². The van der Waals surface area contributed by atoms with Crippen molar-refractivity contribution in [3.8, 4) is 5.88 Å². The molecule has 1 amide bonds. The van der Waals surface area contributed by atoms with Crippen LogP contribution in [0, 0.1) is 10.5 Å². The van der Waals surface area contributed by atoms with Crippen LogP contribution >= 0.6 is 38.5 Å². The Kier molecular flexibility index (Phi) is 4.49. The monoisotopic (exact) mass is 483 g/mol. The van der Waals surface area contributed by atoms with E-state index in [1.165, 1.54) is 0 Å². The van der Waals surface area contributed by atoms with Gasteiger partial charge in [0.1, 0.15) is 0 Å². The van der Waals surface area contributed by atoms with Crippen molar-refractivity contribution >= 4 is 61.0 Å². The van der Waals surface area contributed by atoms with Gasteiger partial charge in [0.25, 0.3) is 5.91 Å². The second-order valence-corrected chi connectivity index (χ2v) is 6.88. The number of hydrogen-bond donors (Lipinski definition) is 2. The summed E-state index contributed by atoms with van der Waals surface area (Å²) in [7, 11) is 0. The molecule has 1 heterocycles. The molecule has 0 saturated carbocycles. The molecule has 0 fully saturated rings. The Hall–Kier alpha value is -1.74. The lowest BCUT2D eigenvalue weighted by Gasteiger charge is -2.00. The third-order valence-corrected chi connectivity index (χ3v) is 5.36. The number of H-pyrrole nitrogens is 1. The Morgan fingerprint density at radius 3 is 2.74 bits per heavy atom. The Morgan fingerprint density at radius 1 is 1.26 bits per heavy atom. The zero-order chi connectivity index (χ0) is 16.6. The lowest BCUT2D eigenvalue weighted by Crippen LogP contribution is -1.96. The van der Waals surface area contributed by atoms with E-state index in [1.54, 1.807) is 12.1 Å². The summed E-state index contributed by atoms with van der Waals surface area (Å²) in [6.45, 7) is 1.94. The molecule has 0 bridgehead atoms. The second-order valence-electron chi connectivity index (χ2n) is 4.93. The highest BCUT2D eigenvalue weighted by Crippen LogP contribution is 2.41. The number of aromatic hydroxyl groups is 1. The van der Waals surface area contributed by atoms with Crippen LogP contribution in [0.25, 0.3) is 10.9 Å². The summed E-state index contributed by atoms with van der Waals surface area (Å²) in [5, 5.41) is 18.5. The molecule has 0 aliphatic heterocycles. The molecule has 0 atom stereocenters. The van der Waals surface area contributed by atoms with E-state index < -0.39 is 5.91 Å². The van der Waals surface area contributed by atoms with Crippen molar-refractivity contribution in [2.24, 2.45) is 10.2 Å². The number of benzene rings is 2. The van der Waals surface area contributed by atoms with Gasteiger partial charge in [0.2, 0.25) is 5.88 Å². The average molecular weight is 484 g/mol. The Labute approximate surface area is 154 Å². The number of hydrogen-bond acceptors (Lipinski definition) is 3. The molecule has 0 unspecified atom stereocenters. The predicted molar refractivity (Wildman–Crippen MR) is 100 cm³/mol. The lowest BCUT2D eigenvalue weighted by molar-refractivity contribution is 0.0994. The molecule has 0 spiro atoms. The van der Waals surface area contributed by atoms with Gasteiger partial charge >= 0.3 is 0 Å². The fraction of sp³-hybridized carbons (Fsp3) is 0.0625. The first-order chi connectivity index (χ1) is 11.0. The van der Waals surface area contributed by atoms with Crippen molar-refractivity contribution in [3.05, 3.63) is 55.6 Å². The van der Waals surface area contributed by atoms with Gasteiger partial charge in [-0.3, -0.25) is 4.79 Å². The number of azo groups is 1. The first-order valence-corrected chi connectivity index (χ1v) is 8.56. The summed E-state index contributed by atoms with van der Waals surface area (Å²) >= 11 is 5.56. The number of aryl methyl sites for hydroxylation is 1. The molecule has 3 aromatic rings. The Balaban J connectivity index is 2.05. The molecule has 7 heteroatoms. The number of nitrogens with zero attached hydrogens (tertiary/aromatic N) is 2. The molecule has 2 aromatic carbocycles. The number of aromatic amines is 1. The van der Waals surface area contributed by atoms with E-state index in [1.807, 2.05) is 31.2 Å². The van der Waals surface area contributed by atoms with Gasteiger partial charge in [-0.25, -0.2) is 0 Å². The van der Waals surface area contributed by atoms with Crippen LogP contribution in [0.3, 0.4) is 0 Å². The lowest BCUT2D eigenvalue weighted by atomic mass is 10.1. The number of nitrogens with one attached hydrogen (secondary N) is 1. The fourth-order valence-corrected chi connectivity index (χ4v) is 3.35. The van der Waals surface area contributed by atoms with Crippen LogP contribution in [0.5, 0.6) is 5.88 Å². The van der Waals surface area contributed by atoms with Gasteiger partial charge in [0.15, 0.2) is 5.69 Å². The van der Waals surface area contributed by atoms with Crippen LogP contribution in [0.1, 0.15) is 15.9 Å². The van der Waals surface area contributed by atoms with Crippen molar-refractivity contribution in [1.29, 1.82) is 0 Å². The number of carbonyl (C=O) groups excluding carboxylic acids is 1. The number of fused-ring (bicyclic) bond motifs is 1. The van der Waals surface area contributed by atoms with E-state index in [9.17, 15) is 9.90 Å². The zero-order valence-corrected chi connectivity index (χ0v) is 15.7. The van der Waals surface area contributed by atoms with E-state index in [2.05, 4.69) is 53.7 Å². The minimum Gasteiger partial charge on any atom is -0.493 e. The number of rotatable bonds is 2. The highest BCUT2D eigenvalue weighted by molar-refractivity contribution is 14.1. The molecule has 1 aromatic heterocycles. The maximum Gasteiger partial charge on any atom is 0.296 e. The summed E-state index contributed by atoms with van der Waals surface area (Å²) in [5.74, 6) is -0.571. The molecule has 5 nitrogen and oxygen atoms in total. The van der Waals surface area contributed by atoms with Crippen LogP contribution in [0.2, 0.25) is 0 Å². The Bertz CT molecular complexity index is 950. The highest BCUT2D eigenvalue weighted by Gasteiger charge is 2.16. The molecule has 3 rings (SSSR count). The van der Waals surface area contributed by atoms with Gasteiger partial charge in [-0.2, -0.15) is 0 Å². The standard InChI is InChI=1S/C16H11BrIN3O2/c1-8-6-7-11-12(13(8)17)14(16(23)19-11)20-21-15(22)9-4-2-3-5-10(9)18/h2-7,19,23H,1H3. The van der Waals surface area contributed by atoms with E-state index in [0.717, 1.165) is 19.1 Å². The van der Waals surface area contributed by atoms with Crippen LogP contribution in [0.4, 0.5) is 5.69 Å². The third kappa shape index (κ3) is 3.02. The van der Waals surface area contributed by atoms with Gasteiger partial charge < -0.3 is 10.1 Å². The van der Waals surface area contributed by atoms with Gasteiger partial charge in [0, 0.05) is 13.4 Å². The normalized spacial score (nSPS) is 11.4. The molecular weight excluding hydrogens is 473 g/mol. The van der Waals surface area contributed by atoms with Crippen molar-refractivity contribution in [2.45, 2.75) is 6.92 Å². The summed E-state index contributed by atoms with van der Waals surface area (Å²) in [5.41, 5.74) is 2.44. The summed E-state index contributed by atoms with van der Waals surface area (Å²) in [6.07, 6.45) is 0. The van der Waals surface area contributed by atoms with Gasteiger partial charge in [0.05, 0.1) is 11.1 Å². The number of halogens is 2. The van der Waals surface area contributed by atoms with Gasteiger partial charge in [-0.1, -0.05) is 18.2 Å². The summed E-state index contributed by atoms with van der Waals surface area (Å²) in [6, 6.07) is 10.9. The van der Waals surface area contributed by atoms with Gasteiger partial charge in [-0.05, 0) is 69.2 Å². The maximum atomic E-state index is 12.2. The molecule has 23 heavy (non-hydrogen) atoms.